The number of fused-ring (bicyclic) bond motifs is 2. The Morgan fingerprint density at radius 3 is 2.61 bits per heavy atom. The predicted molar refractivity (Wildman–Crippen MR) is 168 cm³/mol. The van der Waals surface area contributed by atoms with Crippen LogP contribution in [0.25, 0.3) is 10.9 Å². The first-order valence-corrected chi connectivity index (χ1v) is 15.4. The molecule has 3 aromatic heterocycles. The summed E-state index contributed by atoms with van der Waals surface area (Å²) in [4.78, 5) is 58.4. The zero-order valence-electron chi connectivity index (χ0n) is 26.7. The Balaban J connectivity index is 0.00000154. The first kappa shape index (κ1) is 33.9. The largest absolute Gasteiger partial charge is 0.483 e. The molecule has 0 saturated heterocycles. The smallest absolute Gasteiger partial charge is 0.290 e. The second-order valence-corrected chi connectivity index (χ2v) is 11.8. The average Bonchev–Trinajstić information content (AvgIpc) is 3.71. The van der Waals surface area contributed by atoms with E-state index in [4.69, 9.17) is 19.4 Å². The molecule has 0 fully saturated rings. The molecular weight excluding hydrogens is 592 g/mol. The number of nitrogens with zero attached hydrogens (tertiary/aromatic N) is 5. The molecule has 4 N–H and O–H groups in total. The number of amides is 3. The van der Waals surface area contributed by atoms with Crippen molar-refractivity contribution in [3.05, 3.63) is 65.2 Å². The Bertz CT molecular complexity index is 1640. The molecule has 46 heavy (non-hydrogen) atoms. The third-order valence-electron chi connectivity index (χ3n) is 7.66. The minimum atomic E-state index is -0.797. The molecule has 1 aromatic carbocycles. The maximum Gasteiger partial charge on any atom is 0.290 e. The normalized spacial score (nSPS) is 17.8. The Morgan fingerprint density at radius 1 is 1.13 bits per heavy atom. The van der Waals surface area contributed by atoms with Gasteiger partial charge in [-0.15, -0.1) is 0 Å². The van der Waals surface area contributed by atoms with Crippen LogP contribution in [0.2, 0.25) is 0 Å². The Labute approximate surface area is 266 Å². The number of rotatable bonds is 6. The van der Waals surface area contributed by atoms with Gasteiger partial charge in [-0.25, -0.2) is 9.67 Å². The van der Waals surface area contributed by atoms with Gasteiger partial charge in [0.1, 0.15) is 23.5 Å². The average molecular weight is 635 g/mol. The molecule has 0 bridgehead atoms. The Morgan fingerprint density at radius 2 is 1.89 bits per heavy atom. The fourth-order valence-electron chi connectivity index (χ4n) is 5.63. The van der Waals surface area contributed by atoms with Crippen LogP contribution in [0.4, 0.5) is 0 Å². The number of carbonyl (C=O) groups excluding carboxylic acids is 3. The molecule has 2 atom stereocenters. The van der Waals surface area contributed by atoms with Crippen LogP contribution < -0.4 is 10.6 Å². The van der Waals surface area contributed by atoms with E-state index in [1.54, 1.807) is 15.6 Å². The summed E-state index contributed by atoms with van der Waals surface area (Å²) >= 11 is 0. The van der Waals surface area contributed by atoms with E-state index >= 15 is 0 Å². The maximum absolute atomic E-state index is 13.9. The lowest BCUT2D eigenvalue weighted by Gasteiger charge is -2.27. The molecule has 3 amide bonds. The highest BCUT2D eigenvalue weighted by atomic mass is 16.5. The molecule has 14 heteroatoms. The molecular formula is C32H42N8O6. The molecule has 1 aliphatic rings. The summed E-state index contributed by atoms with van der Waals surface area (Å²) in [6, 6.07) is 8.41. The van der Waals surface area contributed by atoms with Crippen molar-refractivity contribution in [3.63, 3.8) is 0 Å². The van der Waals surface area contributed by atoms with Gasteiger partial charge >= 0.3 is 0 Å². The van der Waals surface area contributed by atoms with E-state index in [0.29, 0.717) is 62.0 Å². The minimum absolute atomic E-state index is 0.0784. The maximum atomic E-state index is 13.9. The summed E-state index contributed by atoms with van der Waals surface area (Å²) < 4.78 is 7.07. The number of carboxylic acid groups (broad SMARTS) is 1. The minimum Gasteiger partial charge on any atom is -0.483 e. The van der Waals surface area contributed by atoms with Crippen LogP contribution in [0.1, 0.15) is 67.8 Å². The van der Waals surface area contributed by atoms with E-state index < -0.39 is 12.1 Å². The number of aromatic amines is 1. The standard InChI is InChI=1S/C31H40N8O4.CH2O2/c1-19(2)14-26-30-33-21(4)36-39(30)13-12-38(29(41)17-23-15-20(3)37-43-23)11-7-10-28(40)34-27(31(42)35-26)16-22-18-32-25-9-6-5-8-24(22)25;2-1-3/h5-6,8-9,15,18-19,26-27,32H,7,10-14,16-17H2,1-4H3,(H,34,40)(H,35,42);1H,(H,2,3)/t26?,27-;/m1./s1. The third kappa shape index (κ3) is 9.02. The van der Waals surface area contributed by atoms with Crippen LogP contribution >= 0.6 is 0 Å². The quantitative estimate of drug-likeness (QED) is 0.231. The van der Waals surface area contributed by atoms with Crippen molar-refractivity contribution < 1.29 is 28.8 Å². The third-order valence-corrected chi connectivity index (χ3v) is 7.66. The van der Waals surface area contributed by atoms with Crippen molar-refractivity contribution >= 4 is 35.1 Å². The molecule has 4 heterocycles. The first-order chi connectivity index (χ1) is 22.1. The van der Waals surface area contributed by atoms with Gasteiger partial charge in [-0.3, -0.25) is 19.2 Å². The Hall–Kier alpha value is -5.01. The van der Waals surface area contributed by atoms with E-state index in [-0.39, 0.29) is 43.0 Å². The van der Waals surface area contributed by atoms with Gasteiger partial charge in [0.05, 0.1) is 24.7 Å². The summed E-state index contributed by atoms with van der Waals surface area (Å²) in [6.07, 6.45) is 3.53. The number of hydrogen-bond donors (Lipinski definition) is 4. The van der Waals surface area contributed by atoms with Crippen LogP contribution in [0.15, 0.2) is 41.1 Å². The lowest BCUT2D eigenvalue weighted by Crippen LogP contribution is -2.49. The molecule has 14 nitrogen and oxygen atoms in total. The molecule has 0 spiro atoms. The van der Waals surface area contributed by atoms with Crippen LogP contribution in [0.3, 0.4) is 0 Å². The summed E-state index contributed by atoms with van der Waals surface area (Å²) in [5.74, 6) is 1.33. The molecule has 246 valence electrons. The van der Waals surface area contributed by atoms with Gasteiger partial charge in [0, 0.05) is 49.1 Å². The molecule has 1 unspecified atom stereocenters. The predicted octanol–water partition coefficient (Wildman–Crippen LogP) is 2.86. The summed E-state index contributed by atoms with van der Waals surface area (Å²) in [5, 5.41) is 22.6. The summed E-state index contributed by atoms with van der Waals surface area (Å²) in [6.45, 7) is 8.69. The highest BCUT2D eigenvalue weighted by Crippen LogP contribution is 2.23. The van der Waals surface area contributed by atoms with Crippen molar-refractivity contribution in [2.24, 2.45) is 5.92 Å². The summed E-state index contributed by atoms with van der Waals surface area (Å²) in [7, 11) is 0. The van der Waals surface area contributed by atoms with Crippen molar-refractivity contribution in [3.8, 4) is 0 Å². The van der Waals surface area contributed by atoms with Crippen molar-refractivity contribution in [2.45, 2.75) is 78.4 Å². The molecule has 5 rings (SSSR count). The summed E-state index contributed by atoms with van der Waals surface area (Å²) in [5.41, 5.74) is 2.62. The number of H-pyrrole nitrogens is 1. The van der Waals surface area contributed by atoms with Gasteiger partial charge in [0.2, 0.25) is 17.7 Å². The monoisotopic (exact) mass is 634 g/mol. The molecule has 4 aromatic rings. The van der Waals surface area contributed by atoms with Crippen LogP contribution in [-0.2, 0) is 38.6 Å². The number of nitrogens with one attached hydrogen (secondary N) is 3. The fraction of sp³-hybridized carbons (Fsp3) is 0.469. The van der Waals surface area contributed by atoms with Crippen molar-refractivity contribution in [1.29, 1.82) is 0 Å². The van der Waals surface area contributed by atoms with Gasteiger partial charge in [-0.1, -0.05) is 37.2 Å². The number of aromatic nitrogens is 5. The lowest BCUT2D eigenvalue weighted by molar-refractivity contribution is -0.132. The van der Waals surface area contributed by atoms with Gasteiger partial charge in [0.15, 0.2) is 0 Å². The second kappa shape index (κ2) is 15.8. The van der Waals surface area contributed by atoms with Gasteiger partial charge in [-0.05, 0) is 44.2 Å². The van der Waals surface area contributed by atoms with E-state index in [1.165, 1.54) is 0 Å². The van der Waals surface area contributed by atoms with Crippen LogP contribution in [0, 0.1) is 19.8 Å². The van der Waals surface area contributed by atoms with Crippen LogP contribution in [0.5, 0.6) is 0 Å². The van der Waals surface area contributed by atoms with E-state index in [9.17, 15) is 14.4 Å². The highest BCUT2D eigenvalue weighted by molar-refractivity contribution is 5.90. The number of carbonyl (C=O) groups is 4. The number of benzene rings is 1. The topological polar surface area (TPSA) is 188 Å². The number of aryl methyl sites for hydroxylation is 2. The Kier molecular flexibility index (Phi) is 11.7. The number of para-hydroxylation sites is 1. The van der Waals surface area contributed by atoms with Gasteiger partial charge < -0.3 is 30.1 Å². The lowest BCUT2D eigenvalue weighted by atomic mass is 10.0. The van der Waals surface area contributed by atoms with E-state index in [1.807, 2.05) is 44.3 Å². The number of hydrogen-bond acceptors (Lipinski definition) is 8. The molecule has 0 saturated carbocycles. The SMILES string of the molecule is Cc1cc(CC(=O)N2CCCC(=O)N[C@H](Cc3c[nH]c4ccccc34)C(=O)NC(CC(C)C)c3nc(C)nn3CC2)on1.O=CO. The first-order valence-electron chi connectivity index (χ1n) is 15.4. The highest BCUT2D eigenvalue weighted by Gasteiger charge is 2.29. The van der Waals surface area contributed by atoms with E-state index in [0.717, 1.165) is 16.5 Å². The molecule has 0 radical (unpaired) electrons. The van der Waals surface area contributed by atoms with Crippen molar-refractivity contribution in [2.75, 3.05) is 13.1 Å². The van der Waals surface area contributed by atoms with Crippen LogP contribution in [-0.4, -0.2) is 78.2 Å². The van der Waals surface area contributed by atoms with E-state index in [2.05, 4.69) is 39.7 Å². The molecule has 0 aliphatic carbocycles. The van der Waals surface area contributed by atoms with Crippen molar-refractivity contribution in [1.82, 2.24) is 40.4 Å². The fourth-order valence-corrected chi connectivity index (χ4v) is 5.63. The zero-order chi connectivity index (χ0) is 33.2. The second-order valence-electron chi connectivity index (χ2n) is 11.8. The van der Waals surface area contributed by atoms with Gasteiger partial charge in [-0.2, -0.15) is 5.10 Å². The molecule has 1 aliphatic heterocycles. The van der Waals surface area contributed by atoms with Gasteiger partial charge in [0.25, 0.3) is 6.47 Å². The zero-order valence-corrected chi connectivity index (χ0v) is 26.7.